The highest BCUT2D eigenvalue weighted by Gasteiger charge is 2.61. The minimum absolute atomic E-state index is 0.102. The lowest BCUT2D eigenvalue weighted by molar-refractivity contribution is -0.336. The van der Waals surface area contributed by atoms with Crippen LogP contribution < -0.4 is 0 Å². The summed E-state index contributed by atoms with van der Waals surface area (Å²) in [6.45, 7) is 22.9. The highest BCUT2D eigenvalue weighted by atomic mass is 28.4. The van der Waals surface area contributed by atoms with E-state index in [9.17, 15) is 0 Å². The first-order valence-corrected chi connectivity index (χ1v) is 15.1. The molecule has 23 heavy (non-hydrogen) atoms. The average Bonchev–Trinajstić information content (AvgIpc) is 2.86. The summed E-state index contributed by atoms with van der Waals surface area (Å²) >= 11 is 0. The lowest BCUT2D eigenvalue weighted by Crippen LogP contribution is -2.58. The molecule has 0 aromatic carbocycles. The number of hydrogen-bond donors (Lipinski definition) is 0. The van der Waals surface area contributed by atoms with E-state index in [0.717, 1.165) is 12.8 Å². The second-order valence-electron chi connectivity index (χ2n) is 9.49. The van der Waals surface area contributed by atoms with Crippen LogP contribution in [-0.2, 0) is 13.8 Å². The Morgan fingerprint density at radius 3 is 2.26 bits per heavy atom. The van der Waals surface area contributed by atoms with E-state index < -0.39 is 16.6 Å². The predicted molar refractivity (Wildman–Crippen MR) is 99.9 cm³/mol. The fourth-order valence-electron chi connectivity index (χ4n) is 3.24. The average molecular weight is 358 g/mol. The van der Waals surface area contributed by atoms with Gasteiger partial charge in [-0.1, -0.05) is 32.1 Å². The van der Waals surface area contributed by atoms with Crippen LogP contribution in [0.15, 0.2) is 12.7 Å². The van der Waals surface area contributed by atoms with Crippen LogP contribution in [0, 0.1) is 5.92 Å². The van der Waals surface area contributed by atoms with Crippen molar-refractivity contribution in [1.82, 2.24) is 5.23 Å². The van der Waals surface area contributed by atoms with Gasteiger partial charge in [-0.3, -0.25) is 4.84 Å². The molecule has 6 heteroatoms. The number of fused-ring (bicyclic) bond motifs is 1. The molecule has 1 aliphatic carbocycles. The van der Waals surface area contributed by atoms with Crippen molar-refractivity contribution in [3.8, 4) is 0 Å². The maximum absolute atomic E-state index is 6.80. The van der Waals surface area contributed by atoms with E-state index in [4.69, 9.17) is 13.8 Å². The van der Waals surface area contributed by atoms with Crippen molar-refractivity contribution in [2.24, 2.45) is 5.92 Å². The molecule has 0 radical (unpaired) electrons. The number of hydroxylamine groups is 2. The molecular formula is C17H35NO3Si2. The van der Waals surface area contributed by atoms with Crippen LogP contribution in [0.3, 0.4) is 0 Å². The van der Waals surface area contributed by atoms with Crippen LogP contribution in [0.1, 0.15) is 33.6 Å². The molecule has 2 aliphatic rings. The molecule has 0 spiro atoms. The molecule has 0 aromatic heterocycles. The van der Waals surface area contributed by atoms with Crippen LogP contribution in [0.5, 0.6) is 0 Å². The van der Waals surface area contributed by atoms with Gasteiger partial charge in [0, 0.05) is 5.92 Å². The smallest absolute Gasteiger partial charge is 0.215 e. The van der Waals surface area contributed by atoms with Crippen molar-refractivity contribution in [2.75, 3.05) is 6.61 Å². The molecule has 2 fully saturated rings. The lowest BCUT2D eigenvalue weighted by atomic mass is 9.88. The van der Waals surface area contributed by atoms with Crippen LogP contribution in [0.4, 0.5) is 0 Å². The molecule has 3 atom stereocenters. The summed E-state index contributed by atoms with van der Waals surface area (Å²) in [5.41, 5.74) is -0.338. The third-order valence-electron chi connectivity index (χ3n) is 5.58. The number of hydrogen-bond acceptors (Lipinski definition) is 4. The molecular weight excluding hydrogens is 322 g/mol. The maximum Gasteiger partial charge on any atom is 0.215 e. The molecule has 2 rings (SSSR count). The zero-order chi connectivity index (χ0) is 17.7. The molecule has 0 aromatic rings. The quantitative estimate of drug-likeness (QED) is 0.526. The maximum atomic E-state index is 6.80. The summed E-state index contributed by atoms with van der Waals surface area (Å²) in [6.07, 6.45) is 4.29. The molecule has 1 heterocycles. The van der Waals surface area contributed by atoms with E-state index >= 15 is 0 Å². The predicted octanol–water partition coefficient (Wildman–Crippen LogP) is 4.73. The first kappa shape index (κ1) is 19.3. The first-order chi connectivity index (χ1) is 10.3. The zero-order valence-corrected chi connectivity index (χ0v) is 18.2. The molecule has 1 saturated carbocycles. The van der Waals surface area contributed by atoms with Gasteiger partial charge >= 0.3 is 0 Å². The monoisotopic (exact) mass is 357 g/mol. The summed E-state index contributed by atoms with van der Waals surface area (Å²) in [7, 11) is -3.62. The van der Waals surface area contributed by atoms with Gasteiger partial charge in [0.2, 0.25) is 8.32 Å². The zero-order valence-electron chi connectivity index (χ0n) is 16.2. The van der Waals surface area contributed by atoms with Gasteiger partial charge in [-0.15, -0.1) is 6.58 Å². The highest BCUT2D eigenvalue weighted by molar-refractivity contribution is 6.74. The van der Waals surface area contributed by atoms with Gasteiger partial charge < -0.3 is 8.95 Å². The summed E-state index contributed by atoms with van der Waals surface area (Å²) in [6, 6.07) is 0. The Kier molecular flexibility index (Phi) is 5.11. The Balaban J connectivity index is 2.29. The van der Waals surface area contributed by atoms with Gasteiger partial charge in [-0.25, -0.2) is 0 Å². The SMILES string of the molecule is C=C[C@]12[C@H](CC[C@@H]1O[Si](C)(C)C(C)(C)C)CON2O[Si](C)(C)C. The molecule has 1 saturated heterocycles. The van der Waals surface area contributed by atoms with Crippen LogP contribution in [-0.4, -0.2) is 40.1 Å². The summed E-state index contributed by atoms with van der Waals surface area (Å²) in [5, 5.41) is 1.96. The molecule has 134 valence electrons. The fourth-order valence-corrected chi connectivity index (χ4v) is 5.32. The van der Waals surface area contributed by atoms with E-state index in [1.165, 1.54) is 0 Å². The van der Waals surface area contributed by atoms with Gasteiger partial charge in [-0.2, -0.15) is 0 Å². The molecule has 1 aliphatic heterocycles. The van der Waals surface area contributed by atoms with Crippen molar-refractivity contribution in [2.45, 2.75) is 83.0 Å². The van der Waals surface area contributed by atoms with Crippen molar-refractivity contribution in [3.63, 3.8) is 0 Å². The third kappa shape index (κ3) is 3.53. The molecule has 0 N–H and O–H groups in total. The first-order valence-electron chi connectivity index (χ1n) is 8.77. The minimum Gasteiger partial charge on any atom is -0.412 e. The van der Waals surface area contributed by atoms with E-state index in [1.807, 2.05) is 6.08 Å². The minimum atomic E-state index is -1.86. The number of nitrogens with zero attached hydrogens (tertiary/aromatic N) is 1. The van der Waals surface area contributed by atoms with E-state index in [0.29, 0.717) is 12.5 Å². The Morgan fingerprint density at radius 2 is 1.78 bits per heavy atom. The van der Waals surface area contributed by atoms with E-state index in [2.05, 4.69) is 60.1 Å². The lowest BCUT2D eigenvalue weighted by Gasteiger charge is -2.45. The van der Waals surface area contributed by atoms with Gasteiger partial charge in [0.1, 0.15) is 5.54 Å². The van der Waals surface area contributed by atoms with E-state index in [1.54, 1.807) is 5.23 Å². The normalized spacial score (nSPS) is 33.0. The van der Waals surface area contributed by atoms with Crippen LogP contribution in [0.25, 0.3) is 0 Å². The second-order valence-corrected chi connectivity index (χ2v) is 18.7. The van der Waals surface area contributed by atoms with Crippen molar-refractivity contribution >= 4 is 16.6 Å². The summed E-state index contributed by atoms with van der Waals surface area (Å²) in [4.78, 5) is 5.93. The van der Waals surface area contributed by atoms with Gasteiger partial charge in [0.25, 0.3) is 0 Å². The summed E-state index contributed by atoms with van der Waals surface area (Å²) in [5.74, 6) is 0.408. The standard InChI is InChI=1S/C17H35NO3Si2/c1-10-17-14(13-19-18(17)21-22(5,6)7)11-12-15(17)20-23(8,9)16(2,3)4/h10,14-15H,1,11-13H2,2-9H3/t14-,15+,17+/m1/s1. The topological polar surface area (TPSA) is 30.9 Å². The van der Waals surface area contributed by atoms with Gasteiger partial charge in [0.05, 0.1) is 12.7 Å². The van der Waals surface area contributed by atoms with Crippen molar-refractivity contribution in [3.05, 3.63) is 12.7 Å². The Hall–Kier alpha value is 0.0138. The van der Waals surface area contributed by atoms with Crippen LogP contribution in [0.2, 0.25) is 37.8 Å². The van der Waals surface area contributed by atoms with Gasteiger partial charge in [-0.05, 0) is 50.6 Å². The highest BCUT2D eigenvalue weighted by Crippen LogP contribution is 2.51. The van der Waals surface area contributed by atoms with Crippen molar-refractivity contribution in [1.29, 1.82) is 0 Å². The summed E-state index contributed by atoms with van der Waals surface area (Å²) < 4.78 is 13.0. The largest absolute Gasteiger partial charge is 0.412 e. The fraction of sp³-hybridized carbons (Fsp3) is 0.882. The van der Waals surface area contributed by atoms with E-state index in [-0.39, 0.29) is 16.7 Å². The Labute approximate surface area is 144 Å². The molecule has 4 nitrogen and oxygen atoms in total. The van der Waals surface area contributed by atoms with Crippen molar-refractivity contribution < 1.29 is 13.8 Å². The molecule has 0 bridgehead atoms. The Bertz CT molecular complexity index is 456. The second kappa shape index (κ2) is 6.07. The van der Waals surface area contributed by atoms with Crippen LogP contribution >= 0.6 is 0 Å². The third-order valence-corrected chi connectivity index (χ3v) is 10.8. The Morgan fingerprint density at radius 1 is 1.17 bits per heavy atom. The van der Waals surface area contributed by atoms with Gasteiger partial charge in [0.15, 0.2) is 8.32 Å². The number of rotatable bonds is 5. The molecule has 0 amide bonds. The molecule has 0 unspecified atom stereocenters.